The summed E-state index contributed by atoms with van der Waals surface area (Å²) in [5, 5.41) is 14.8. The van der Waals surface area contributed by atoms with Gasteiger partial charge in [-0.1, -0.05) is 11.8 Å². The number of hydrogen-bond acceptors (Lipinski definition) is 10. The third kappa shape index (κ3) is 3.92. The smallest absolute Gasteiger partial charge is 0.189 e. The molecule has 0 saturated carbocycles. The Morgan fingerprint density at radius 3 is 2.72 bits per heavy atom. The third-order valence-electron chi connectivity index (χ3n) is 6.00. The highest BCUT2D eigenvalue weighted by molar-refractivity contribution is 7.98. The van der Waals surface area contributed by atoms with Crippen molar-refractivity contribution in [1.29, 1.82) is 0 Å². The van der Waals surface area contributed by atoms with Crippen molar-refractivity contribution in [3.8, 4) is 0 Å². The predicted octanol–water partition coefficient (Wildman–Crippen LogP) is 3.44. The number of fused-ring (bicyclic) bond motifs is 5. The molecule has 1 atom stereocenters. The Kier molecular flexibility index (Phi) is 5.91. The van der Waals surface area contributed by atoms with E-state index in [0.29, 0.717) is 25.0 Å². The molecule has 0 aromatic carbocycles. The fourth-order valence-corrected chi connectivity index (χ4v) is 5.80. The van der Waals surface area contributed by atoms with Crippen LogP contribution in [0.1, 0.15) is 31.9 Å². The number of rotatable bonds is 5. The summed E-state index contributed by atoms with van der Waals surface area (Å²) in [5.74, 6) is 1.77. The van der Waals surface area contributed by atoms with Gasteiger partial charge in [0.2, 0.25) is 0 Å². The van der Waals surface area contributed by atoms with Crippen LogP contribution in [0, 0.1) is 0 Å². The zero-order valence-corrected chi connectivity index (χ0v) is 20.5. The molecule has 10 heteroatoms. The molecule has 2 N–H and O–H groups in total. The minimum atomic E-state index is -0.250. The highest BCUT2D eigenvalue weighted by Gasteiger charge is 2.33. The van der Waals surface area contributed by atoms with Gasteiger partial charge in [-0.2, -0.15) is 0 Å². The van der Waals surface area contributed by atoms with E-state index in [2.05, 4.69) is 24.1 Å². The molecule has 5 heterocycles. The van der Waals surface area contributed by atoms with Gasteiger partial charge in [-0.05, 0) is 32.6 Å². The van der Waals surface area contributed by atoms with E-state index in [1.54, 1.807) is 11.3 Å². The number of morpholine rings is 1. The van der Waals surface area contributed by atoms with E-state index in [1.807, 2.05) is 13.2 Å². The lowest BCUT2D eigenvalue weighted by atomic mass is 9.90. The zero-order valence-electron chi connectivity index (χ0n) is 18.9. The van der Waals surface area contributed by atoms with Crippen LogP contribution in [0.15, 0.2) is 5.16 Å². The number of anilines is 2. The maximum Gasteiger partial charge on any atom is 0.189 e. The molecule has 0 aliphatic carbocycles. The van der Waals surface area contributed by atoms with Crippen molar-refractivity contribution >= 4 is 55.2 Å². The lowest BCUT2D eigenvalue weighted by molar-refractivity contribution is -0.0396. The van der Waals surface area contributed by atoms with Crippen molar-refractivity contribution in [2.45, 2.75) is 50.6 Å². The van der Waals surface area contributed by atoms with E-state index in [1.165, 1.54) is 22.9 Å². The van der Waals surface area contributed by atoms with E-state index in [9.17, 15) is 5.11 Å². The lowest BCUT2D eigenvalue weighted by Gasteiger charge is -2.36. The summed E-state index contributed by atoms with van der Waals surface area (Å²) >= 11 is 3.14. The molecule has 2 aliphatic rings. The average Bonchev–Trinajstić information content (AvgIpc) is 3.17. The molecular weight excluding hydrogens is 446 g/mol. The Morgan fingerprint density at radius 2 is 2.00 bits per heavy atom. The first-order valence-electron chi connectivity index (χ1n) is 10.9. The predicted molar refractivity (Wildman–Crippen MR) is 130 cm³/mol. The van der Waals surface area contributed by atoms with Crippen LogP contribution in [0.5, 0.6) is 0 Å². The molecule has 0 spiro atoms. The van der Waals surface area contributed by atoms with Gasteiger partial charge in [-0.3, -0.25) is 0 Å². The molecule has 0 amide bonds. The first kappa shape index (κ1) is 22.1. The number of aliphatic hydroxyl groups is 1. The van der Waals surface area contributed by atoms with Crippen LogP contribution in [0.3, 0.4) is 0 Å². The van der Waals surface area contributed by atoms with Crippen molar-refractivity contribution < 1.29 is 14.6 Å². The van der Waals surface area contributed by atoms with Gasteiger partial charge in [-0.25, -0.2) is 15.0 Å². The van der Waals surface area contributed by atoms with Crippen molar-refractivity contribution in [1.82, 2.24) is 15.0 Å². The SMILES string of the molecule is CSc1nc(NC(C)CO)c2sc3nc(N4CCOCC4)c4c(c3c2n1)CC(C)(C)OC4. The Hall–Kier alpha value is -1.72. The van der Waals surface area contributed by atoms with Crippen LogP contribution in [0.25, 0.3) is 20.4 Å². The quantitative estimate of drug-likeness (QED) is 0.425. The summed E-state index contributed by atoms with van der Waals surface area (Å²) < 4.78 is 12.8. The van der Waals surface area contributed by atoms with Crippen LogP contribution in [0.4, 0.5) is 11.6 Å². The largest absolute Gasteiger partial charge is 0.394 e. The summed E-state index contributed by atoms with van der Waals surface area (Å²) in [6, 6.07) is -0.105. The van der Waals surface area contributed by atoms with E-state index in [-0.39, 0.29) is 18.2 Å². The number of hydrogen-bond donors (Lipinski definition) is 2. The highest BCUT2D eigenvalue weighted by atomic mass is 32.2. The standard InChI is InChI=1S/C22H29N5O3S2/c1-12(10-28)23-18-17-16(24-21(25-18)31-4)15-13-9-22(2,3)30-11-14(13)19(26-20(15)32-17)27-5-7-29-8-6-27/h12,28H,5-11H2,1-4H3,(H,23,24,25). The molecule has 1 unspecified atom stereocenters. The number of thiophene rings is 1. The summed E-state index contributed by atoms with van der Waals surface area (Å²) in [4.78, 5) is 18.1. The second-order valence-electron chi connectivity index (χ2n) is 8.96. The Labute approximate surface area is 195 Å². The maximum absolute atomic E-state index is 9.58. The number of nitrogens with one attached hydrogen (secondary N) is 1. The average molecular weight is 476 g/mol. The molecule has 0 radical (unpaired) electrons. The summed E-state index contributed by atoms with van der Waals surface area (Å²) in [7, 11) is 0. The van der Waals surface area contributed by atoms with Gasteiger partial charge in [0.15, 0.2) is 5.16 Å². The van der Waals surface area contributed by atoms with Crippen molar-refractivity contribution in [3.05, 3.63) is 11.1 Å². The van der Waals surface area contributed by atoms with E-state index < -0.39 is 0 Å². The molecule has 3 aromatic heterocycles. The van der Waals surface area contributed by atoms with Gasteiger partial charge in [0.1, 0.15) is 16.5 Å². The first-order valence-corrected chi connectivity index (χ1v) is 13.0. The van der Waals surface area contributed by atoms with Gasteiger partial charge in [0.25, 0.3) is 0 Å². The monoisotopic (exact) mass is 475 g/mol. The molecule has 8 nitrogen and oxygen atoms in total. The number of thioether (sulfide) groups is 1. The second kappa shape index (κ2) is 8.57. The highest BCUT2D eigenvalue weighted by Crippen LogP contribution is 2.44. The van der Waals surface area contributed by atoms with E-state index in [0.717, 1.165) is 51.6 Å². The van der Waals surface area contributed by atoms with Crippen LogP contribution >= 0.6 is 23.1 Å². The van der Waals surface area contributed by atoms with Gasteiger partial charge >= 0.3 is 0 Å². The van der Waals surface area contributed by atoms with E-state index >= 15 is 0 Å². The molecule has 172 valence electrons. The number of ether oxygens (including phenoxy) is 2. The second-order valence-corrected chi connectivity index (χ2v) is 10.7. The minimum absolute atomic E-state index is 0.0331. The van der Waals surface area contributed by atoms with Gasteiger partial charge in [0, 0.05) is 36.5 Å². The topological polar surface area (TPSA) is 92.6 Å². The van der Waals surface area contributed by atoms with Gasteiger partial charge < -0.3 is 24.8 Å². The summed E-state index contributed by atoms with van der Waals surface area (Å²) in [6.07, 6.45) is 2.79. The molecule has 5 rings (SSSR count). The van der Waals surface area contributed by atoms with Crippen molar-refractivity contribution in [3.63, 3.8) is 0 Å². The Bertz CT molecular complexity index is 1160. The van der Waals surface area contributed by atoms with Crippen LogP contribution < -0.4 is 10.2 Å². The Balaban J connectivity index is 1.78. The molecule has 32 heavy (non-hydrogen) atoms. The third-order valence-corrected chi connectivity index (χ3v) is 7.63. The molecule has 1 saturated heterocycles. The number of aliphatic hydroxyl groups excluding tert-OH is 1. The zero-order chi connectivity index (χ0) is 22.5. The fourth-order valence-electron chi connectivity index (χ4n) is 4.34. The van der Waals surface area contributed by atoms with Crippen LogP contribution in [0.2, 0.25) is 0 Å². The molecule has 2 aliphatic heterocycles. The summed E-state index contributed by atoms with van der Waals surface area (Å²) in [5.41, 5.74) is 3.14. The molecule has 3 aromatic rings. The number of aromatic nitrogens is 3. The van der Waals surface area contributed by atoms with E-state index in [4.69, 9.17) is 24.4 Å². The van der Waals surface area contributed by atoms with Crippen molar-refractivity contribution in [2.24, 2.45) is 0 Å². The van der Waals surface area contributed by atoms with Gasteiger partial charge in [-0.15, -0.1) is 11.3 Å². The maximum atomic E-state index is 9.58. The first-order chi connectivity index (χ1) is 15.4. The van der Waals surface area contributed by atoms with Gasteiger partial charge in [0.05, 0.1) is 42.2 Å². The lowest BCUT2D eigenvalue weighted by Crippen LogP contribution is -2.39. The minimum Gasteiger partial charge on any atom is -0.394 e. The molecular formula is C22H29N5O3S2. The van der Waals surface area contributed by atoms with Crippen molar-refractivity contribution in [2.75, 3.05) is 49.4 Å². The Morgan fingerprint density at radius 1 is 1.22 bits per heavy atom. The van der Waals surface area contributed by atoms with Crippen LogP contribution in [-0.2, 0) is 22.5 Å². The van der Waals surface area contributed by atoms with Crippen LogP contribution in [-0.4, -0.2) is 70.9 Å². The number of nitrogens with zero attached hydrogens (tertiary/aromatic N) is 4. The fraction of sp³-hybridized carbons (Fsp3) is 0.591. The molecule has 0 bridgehead atoms. The molecule has 1 fully saturated rings. The normalized spacial score (nSPS) is 19.3. The summed E-state index contributed by atoms with van der Waals surface area (Å²) in [6.45, 7) is 9.88. The number of pyridine rings is 1.